The minimum Gasteiger partial charge on any atom is -0.446 e. The Labute approximate surface area is 67.8 Å². The van der Waals surface area contributed by atoms with Gasteiger partial charge in [0.2, 0.25) is 0 Å². The van der Waals surface area contributed by atoms with Crippen LogP contribution in [-0.2, 0) is 4.74 Å². The van der Waals surface area contributed by atoms with Gasteiger partial charge in [0.15, 0.2) is 11.0 Å². The summed E-state index contributed by atoms with van der Waals surface area (Å²) in [5.74, 6) is 0. The first-order chi connectivity index (χ1) is 5.13. The van der Waals surface area contributed by atoms with Crippen LogP contribution in [0.1, 0.15) is 6.92 Å². The summed E-state index contributed by atoms with van der Waals surface area (Å²) in [7, 11) is 0. The van der Waals surface area contributed by atoms with Crippen LogP contribution in [0.15, 0.2) is 0 Å². The number of carbonyl (C=O) groups excluding carboxylic acids is 1. The SMILES string of the molecule is CCOC(=O)N(CCl)[N+](=O)[O-]. The van der Waals surface area contributed by atoms with E-state index in [2.05, 4.69) is 4.74 Å². The number of rotatable bonds is 3. The molecule has 0 aromatic rings. The van der Waals surface area contributed by atoms with Gasteiger partial charge in [-0.05, 0) is 11.9 Å². The standard InChI is InChI=1S/C4H7ClN2O4/c1-2-11-4(8)6(3-5)7(9)10/h2-3H2,1H3. The van der Waals surface area contributed by atoms with E-state index >= 15 is 0 Å². The van der Waals surface area contributed by atoms with Crippen molar-refractivity contribution in [2.24, 2.45) is 0 Å². The fourth-order valence-corrected chi connectivity index (χ4v) is 0.542. The number of amides is 1. The molecule has 0 radical (unpaired) electrons. The predicted molar refractivity (Wildman–Crippen MR) is 36.6 cm³/mol. The molecule has 0 spiro atoms. The first-order valence-corrected chi connectivity index (χ1v) is 3.31. The molecule has 1 amide bonds. The van der Waals surface area contributed by atoms with Gasteiger partial charge in [-0.2, -0.15) is 0 Å². The van der Waals surface area contributed by atoms with E-state index in [1.807, 2.05) is 0 Å². The fraction of sp³-hybridized carbons (Fsp3) is 0.750. The molecule has 0 aliphatic carbocycles. The lowest BCUT2D eigenvalue weighted by Gasteiger charge is -2.07. The Morgan fingerprint density at radius 2 is 2.36 bits per heavy atom. The summed E-state index contributed by atoms with van der Waals surface area (Å²) in [5.41, 5.74) is 0. The molecule has 0 fully saturated rings. The number of hydrogen-bond acceptors (Lipinski definition) is 4. The van der Waals surface area contributed by atoms with Crippen molar-refractivity contribution in [1.82, 2.24) is 5.01 Å². The molecule has 0 aromatic carbocycles. The molecule has 0 heterocycles. The Hall–Kier alpha value is -1.04. The second-order valence-electron chi connectivity index (χ2n) is 1.46. The lowest BCUT2D eigenvalue weighted by molar-refractivity contribution is -0.631. The van der Waals surface area contributed by atoms with Crippen molar-refractivity contribution < 1.29 is 14.6 Å². The van der Waals surface area contributed by atoms with Crippen LogP contribution in [0.2, 0.25) is 0 Å². The van der Waals surface area contributed by atoms with Gasteiger partial charge in [0.1, 0.15) is 0 Å². The zero-order chi connectivity index (χ0) is 8.85. The maximum absolute atomic E-state index is 10.6. The van der Waals surface area contributed by atoms with E-state index in [0.717, 1.165) is 0 Å². The molecule has 0 atom stereocenters. The second-order valence-corrected chi connectivity index (χ2v) is 1.69. The summed E-state index contributed by atoms with van der Waals surface area (Å²) >= 11 is 5.08. The first-order valence-electron chi connectivity index (χ1n) is 2.78. The van der Waals surface area contributed by atoms with Crippen LogP contribution in [0.4, 0.5) is 4.79 Å². The van der Waals surface area contributed by atoms with Crippen LogP contribution in [0.3, 0.4) is 0 Å². The number of nitro groups is 1. The zero-order valence-corrected chi connectivity index (χ0v) is 6.58. The number of halogens is 1. The average Bonchev–Trinajstić information content (AvgIpc) is 1.88. The van der Waals surface area contributed by atoms with Crippen molar-refractivity contribution in [3.8, 4) is 0 Å². The molecule has 0 aliphatic heterocycles. The fourth-order valence-electron chi connectivity index (χ4n) is 0.357. The smallest absolute Gasteiger partial charge is 0.446 e. The minimum absolute atomic E-state index is 0.0834. The van der Waals surface area contributed by atoms with E-state index < -0.39 is 17.1 Å². The Morgan fingerprint density at radius 3 is 2.64 bits per heavy atom. The van der Waals surface area contributed by atoms with Gasteiger partial charge in [-0.3, -0.25) is 0 Å². The lowest BCUT2D eigenvalue weighted by atomic mass is 10.8. The van der Waals surface area contributed by atoms with E-state index in [9.17, 15) is 14.9 Å². The van der Waals surface area contributed by atoms with Gasteiger partial charge in [-0.15, -0.1) is 0 Å². The van der Waals surface area contributed by atoms with Crippen molar-refractivity contribution in [3.05, 3.63) is 10.1 Å². The third-order valence-electron chi connectivity index (χ3n) is 0.789. The van der Waals surface area contributed by atoms with Crippen molar-refractivity contribution in [1.29, 1.82) is 0 Å². The minimum atomic E-state index is -1.05. The molecule has 0 N–H and O–H groups in total. The number of nitrogens with zero attached hydrogens (tertiary/aromatic N) is 2. The van der Waals surface area contributed by atoms with Crippen LogP contribution in [0.5, 0.6) is 0 Å². The van der Waals surface area contributed by atoms with Crippen LogP contribution in [-0.4, -0.2) is 28.7 Å². The summed E-state index contributed by atoms with van der Waals surface area (Å²) in [6.07, 6.45) is -1.05. The van der Waals surface area contributed by atoms with E-state index in [4.69, 9.17) is 11.6 Å². The van der Waals surface area contributed by atoms with Gasteiger partial charge < -0.3 is 4.74 Å². The highest BCUT2D eigenvalue weighted by molar-refractivity contribution is 6.18. The van der Waals surface area contributed by atoms with E-state index in [1.54, 1.807) is 6.92 Å². The molecule has 64 valence electrons. The Bertz CT molecular complexity index is 162. The number of hydrogen-bond donors (Lipinski definition) is 0. The highest BCUT2D eigenvalue weighted by Crippen LogP contribution is 1.95. The van der Waals surface area contributed by atoms with Crippen molar-refractivity contribution in [2.45, 2.75) is 6.92 Å². The summed E-state index contributed by atoms with van der Waals surface area (Å²) in [6.45, 7) is 1.63. The molecule has 6 nitrogen and oxygen atoms in total. The highest BCUT2D eigenvalue weighted by atomic mass is 35.5. The number of hydrazine groups is 1. The third-order valence-corrected chi connectivity index (χ3v) is 1.02. The van der Waals surface area contributed by atoms with Gasteiger partial charge in [0.05, 0.1) is 6.61 Å². The van der Waals surface area contributed by atoms with Gasteiger partial charge in [-0.25, -0.2) is 14.9 Å². The second kappa shape index (κ2) is 4.73. The molecule has 0 saturated carbocycles. The van der Waals surface area contributed by atoms with E-state index in [-0.39, 0.29) is 11.6 Å². The van der Waals surface area contributed by atoms with Crippen LogP contribution >= 0.6 is 11.6 Å². The average molecular weight is 183 g/mol. The van der Waals surface area contributed by atoms with Gasteiger partial charge in [-0.1, -0.05) is 11.6 Å². The zero-order valence-electron chi connectivity index (χ0n) is 5.82. The van der Waals surface area contributed by atoms with Crippen molar-refractivity contribution in [2.75, 3.05) is 12.6 Å². The molecule has 0 aromatic heterocycles. The maximum Gasteiger partial charge on any atom is 0.469 e. The summed E-state index contributed by atoms with van der Waals surface area (Å²) in [5, 5.41) is 9.24. The Balaban J connectivity index is 4.03. The summed E-state index contributed by atoms with van der Waals surface area (Å²) < 4.78 is 4.32. The largest absolute Gasteiger partial charge is 0.469 e. The number of carbonyl (C=O) groups is 1. The predicted octanol–water partition coefficient (Wildman–Crippen LogP) is 0.833. The van der Waals surface area contributed by atoms with Gasteiger partial charge >= 0.3 is 6.09 Å². The molecule has 0 saturated heterocycles. The van der Waals surface area contributed by atoms with E-state index in [0.29, 0.717) is 0 Å². The Kier molecular flexibility index (Phi) is 4.28. The monoisotopic (exact) mass is 182 g/mol. The quantitative estimate of drug-likeness (QED) is 0.281. The molecule has 11 heavy (non-hydrogen) atoms. The van der Waals surface area contributed by atoms with Crippen LogP contribution in [0, 0.1) is 10.1 Å². The number of ether oxygens (including phenoxy) is 1. The molecule has 0 unspecified atom stereocenters. The Morgan fingerprint density at radius 1 is 1.82 bits per heavy atom. The third kappa shape index (κ3) is 3.03. The summed E-state index contributed by atoms with van der Waals surface area (Å²) in [6, 6.07) is -0.522. The maximum atomic E-state index is 10.6. The molecular weight excluding hydrogens is 176 g/mol. The highest BCUT2D eigenvalue weighted by Gasteiger charge is 2.23. The molecule has 0 aliphatic rings. The molecule has 7 heteroatoms. The van der Waals surface area contributed by atoms with Crippen LogP contribution < -0.4 is 0 Å². The van der Waals surface area contributed by atoms with E-state index in [1.165, 1.54) is 0 Å². The van der Waals surface area contributed by atoms with Crippen molar-refractivity contribution in [3.63, 3.8) is 0 Å². The first kappa shape index (κ1) is 9.96. The molecule has 0 rings (SSSR count). The summed E-state index contributed by atoms with van der Waals surface area (Å²) in [4.78, 5) is 20.6. The normalized spacial score (nSPS) is 8.91. The van der Waals surface area contributed by atoms with Gasteiger partial charge in [0, 0.05) is 0 Å². The van der Waals surface area contributed by atoms with Gasteiger partial charge in [0.25, 0.3) is 0 Å². The van der Waals surface area contributed by atoms with Crippen molar-refractivity contribution >= 4 is 17.7 Å². The number of alkyl halides is 1. The molecule has 0 bridgehead atoms. The van der Waals surface area contributed by atoms with Crippen LogP contribution in [0.25, 0.3) is 0 Å². The molecular formula is C4H7ClN2O4. The topological polar surface area (TPSA) is 72.7 Å². The lowest BCUT2D eigenvalue weighted by Crippen LogP contribution is -2.35.